The monoisotopic (exact) mass is 426 g/mol. The van der Waals surface area contributed by atoms with Crippen molar-refractivity contribution >= 4 is 11.6 Å². The summed E-state index contributed by atoms with van der Waals surface area (Å²) in [7, 11) is 4.06. The number of aliphatic imine (C=N–C) groups is 1. The van der Waals surface area contributed by atoms with E-state index in [-0.39, 0.29) is 0 Å². The molecule has 2 aromatic rings. The van der Waals surface area contributed by atoms with Crippen LogP contribution < -0.4 is 15.5 Å². The van der Waals surface area contributed by atoms with E-state index >= 15 is 0 Å². The number of aliphatic hydroxyl groups is 1. The molecular formula is C24H38N6O. The molecule has 1 saturated carbocycles. The molecule has 1 heterocycles. The van der Waals surface area contributed by atoms with Gasteiger partial charge in [0.2, 0.25) is 0 Å². The largest absolute Gasteiger partial charge is 0.383 e. The number of nitrogens with one attached hydrogen (secondary N) is 2. The number of nitrogens with zero attached hydrogens (tertiary/aromatic N) is 4. The van der Waals surface area contributed by atoms with E-state index in [2.05, 4.69) is 51.9 Å². The zero-order valence-corrected chi connectivity index (χ0v) is 19.4. The maximum Gasteiger partial charge on any atom is 0.191 e. The maximum absolute atomic E-state index is 10.8. The second-order valence-electron chi connectivity index (χ2n) is 8.79. The van der Waals surface area contributed by atoms with Crippen LogP contribution in [0.5, 0.6) is 0 Å². The number of anilines is 1. The Labute approximate surface area is 186 Å². The third-order valence-corrected chi connectivity index (χ3v) is 6.16. The topological polar surface area (TPSA) is 77.7 Å². The van der Waals surface area contributed by atoms with Crippen molar-refractivity contribution in [3.8, 4) is 0 Å². The van der Waals surface area contributed by atoms with Crippen LogP contribution in [0.1, 0.15) is 57.1 Å². The third kappa shape index (κ3) is 6.47. The lowest BCUT2D eigenvalue weighted by Crippen LogP contribution is -2.44. The van der Waals surface area contributed by atoms with Crippen LogP contribution in [0.15, 0.2) is 41.7 Å². The number of aromatic nitrogens is 2. The lowest BCUT2D eigenvalue weighted by molar-refractivity contribution is 0.0616. The molecule has 0 amide bonds. The molecule has 1 aromatic carbocycles. The fraction of sp³-hybridized carbons (Fsp3) is 0.583. The summed E-state index contributed by atoms with van der Waals surface area (Å²) < 4.78 is 1.69. The minimum atomic E-state index is -1.03. The molecule has 7 nitrogen and oxygen atoms in total. The van der Waals surface area contributed by atoms with Gasteiger partial charge in [0, 0.05) is 44.1 Å². The fourth-order valence-electron chi connectivity index (χ4n) is 4.08. The first kappa shape index (κ1) is 23.1. The van der Waals surface area contributed by atoms with Gasteiger partial charge >= 0.3 is 0 Å². The molecule has 1 aromatic heterocycles. The van der Waals surface area contributed by atoms with Crippen LogP contribution in [0.25, 0.3) is 0 Å². The molecule has 0 aliphatic heterocycles. The van der Waals surface area contributed by atoms with Crippen LogP contribution in [0.2, 0.25) is 0 Å². The number of benzene rings is 1. The van der Waals surface area contributed by atoms with E-state index in [4.69, 9.17) is 4.99 Å². The summed E-state index contributed by atoms with van der Waals surface area (Å²) in [5.74, 6) is 0.690. The Morgan fingerprint density at radius 2 is 1.94 bits per heavy atom. The molecular weight excluding hydrogens is 388 g/mol. The molecule has 0 saturated heterocycles. The molecule has 1 aliphatic carbocycles. The van der Waals surface area contributed by atoms with Gasteiger partial charge in [-0.2, -0.15) is 5.10 Å². The Morgan fingerprint density at radius 1 is 1.23 bits per heavy atom. The predicted octanol–water partition coefficient (Wildman–Crippen LogP) is 3.15. The number of rotatable bonds is 8. The first-order valence-electron chi connectivity index (χ1n) is 11.4. The predicted molar refractivity (Wildman–Crippen MR) is 127 cm³/mol. The molecule has 0 bridgehead atoms. The zero-order valence-electron chi connectivity index (χ0n) is 19.4. The van der Waals surface area contributed by atoms with E-state index in [1.807, 2.05) is 20.2 Å². The second kappa shape index (κ2) is 10.7. The highest BCUT2D eigenvalue weighted by Crippen LogP contribution is 2.26. The van der Waals surface area contributed by atoms with E-state index in [9.17, 15) is 5.11 Å². The number of guanidine groups is 1. The zero-order chi connectivity index (χ0) is 22.3. The molecule has 7 heteroatoms. The van der Waals surface area contributed by atoms with Gasteiger partial charge in [-0.25, -0.2) is 4.99 Å². The number of aryl methyl sites for hydroxylation is 1. The van der Waals surface area contributed by atoms with Gasteiger partial charge in [-0.05, 0) is 44.4 Å². The van der Waals surface area contributed by atoms with Crippen molar-refractivity contribution in [3.63, 3.8) is 0 Å². The summed E-state index contributed by atoms with van der Waals surface area (Å²) in [5, 5.41) is 21.4. The van der Waals surface area contributed by atoms with Crippen LogP contribution in [0.4, 0.5) is 5.69 Å². The molecule has 1 atom stereocenters. The van der Waals surface area contributed by atoms with Crippen molar-refractivity contribution in [2.75, 3.05) is 25.0 Å². The van der Waals surface area contributed by atoms with Gasteiger partial charge < -0.3 is 20.6 Å². The van der Waals surface area contributed by atoms with Gasteiger partial charge in [0.15, 0.2) is 5.96 Å². The van der Waals surface area contributed by atoms with Crippen molar-refractivity contribution < 1.29 is 5.11 Å². The van der Waals surface area contributed by atoms with Crippen molar-refractivity contribution in [2.45, 2.75) is 64.1 Å². The van der Waals surface area contributed by atoms with Gasteiger partial charge in [0.05, 0.1) is 19.3 Å². The number of hydrogen-bond acceptors (Lipinski definition) is 4. The highest BCUT2D eigenvalue weighted by molar-refractivity contribution is 5.79. The van der Waals surface area contributed by atoms with E-state index in [0.717, 1.165) is 17.7 Å². The molecule has 1 aliphatic rings. The average molecular weight is 427 g/mol. The molecule has 31 heavy (non-hydrogen) atoms. The number of hydrogen-bond donors (Lipinski definition) is 3. The van der Waals surface area contributed by atoms with E-state index in [1.165, 1.54) is 37.8 Å². The van der Waals surface area contributed by atoms with Crippen LogP contribution in [-0.4, -0.2) is 47.0 Å². The highest BCUT2D eigenvalue weighted by atomic mass is 16.3. The SMILES string of the molecule is CCNC(=NCc1ccc(N(C)C2CCCCC2)cc1)NCC(C)(O)c1cnn(C)c1. The standard InChI is InChI=1S/C24H38N6O/c1-5-25-23(27-18-24(2,31)20-16-28-29(3)17-20)26-15-19-11-13-22(14-12-19)30(4)21-9-7-6-8-10-21/h11-14,16-17,21,31H,5-10,15,18H2,1-4H3,(H2,25,26,27). The van der Waals surface area contributed by atoms with Crippen LogP contribution in [0.3, 0.4) is 0 Å². The van der Waals surface area contributed by atoms with Crippen molar-refractivity contribution in [2.24, 2.45) is 12.0 Å². The Bertz CT molecular complexity index is 836. The molecule has 1 unspecified atom stereocenters. The molecule has 0 radical (unpaired) electrons. The summed E-state index contributed by atoms with van der Waals surface area (Å²) in [4.78, 5) is 7.13. The first-order chi connectivity index (χ1) is 14.9. The lowest BCUT2D eigenvalue weighted by atomic mass is 9.94. The smallest absolute Gasteiger partial charge is 0.191 e. The quantitative estimate of drug-likeness (QED) is 0.446. The fourth-order valence-corrected chi connectivity index (χ4v) is 4.08. The molecule has 3 rings (SSSR count). The summed E-state index contributed by atoms with van der Waals surface area (Å²) in [6.07, 6.45) is 10.2. The van der Waals surface area contributed by atoms with Gasteiger partial charge in [-0.15, -0.1) is 0 Å². The summed E-state index contributed by atoms with van der Waals surface area (Å²) in [5.41, 5.74) is 2.18. The Hall–Kier alpha value is -2.54. The molecule has 170 valence electrons. The molecule has 3 N–H and O–H groups in total. The van der Waals surface area contributed by atoms with E-state index < -0.39 is 5.60 Å². The van der Waals surface area contributed by atoms with Gasteiger partial charge in [-0.3, -0.25) is 4.68 Å². The Kier molecular flexibility index (Phi) is 7.96. The van der Waals surface area contributed by atoms with Gasteiger partial charge in [0.1, 0.15) is 5.60 Å². The van der Waals surface area contributed by atoms with Crippen molar-refractivity contribution in [1.82, 2.24) is 20.4 Å². The van der Waals surface area contributed by atoms with Crippen molar-refractivity contribution in [1.29, 1.82) is 0 Å². The second-order valence-corrected chi connectivity index (χ2v) is 8.79. The normalized spacial score (nSPS) is 17.3. The maximum atomic E-state index is 10.8. The minimum Gasteiger partial charge on any atom is -0.383 e. The summed E-state index contributed by atoms with van der Waals surface area (Å²) in [6, 6.07) is 9.39. The minimum absolute atomic E-state index is 0.343. The van der Waals surface area contributed by atoms with Crippen molar-refractivity contribution in [3.05, 3.63) is 47.8 Å². The first-order valence-corrected chi connectivity index (χ1v) is 11.4. The third-order valence-electron chi connectivity index (χ3n) is 6.16. The summed E-state index contributed by atoms with van der Waals surface area (Å²) in [6.45, 7) is 5.49. The summed E-state index contributed by atoms with van der Waals surface area (Å²) >= 11 is 0. The van der Waals surface area contributed by atoms with Crippen LogP contribution in [-0.2, 0) is 19.2 Å². The van der Waals surface area contributed by atoms with Gasteiger partial charge in [-0.1, -0.05) is 31.4 Å². The lowest BCUT2D eigenvalue weighted by Gasteiger charge is -2.33. The van der Waals surface area contributed by atoms with Crippen LogP contribution >= 0.6 is 0 Å². The highest BCUT2D eigenvalue weighted by Gasteiger charge is 2.25. The van der Waals surface area contributed by atoms with Crippen LogP contribution in [0, 0.1) is 0 Å². The average Bonchev–Trinajstić information content (AvgIpc) is 3.23. The van der Waals surface area contributed by atoms with Gasteiger partial charge in [0.25, 0.3) is 0 Å². The van der Waals surface area contributed by atoms with E-state index in [1.54, 1.807) is 17.8 Å². The van der Waals surface area contributed by atoms with E-state index in [0.29, 0.717) is 25.1 Å². The molecule has 1 fully saturated rings. The Morgan fingerprint density at radius 3 is 2.55 bits per heavy atom. The Balaban J connectivity index is 1.58. The molecule has 0 spiro atoms.